The van der Waals surface area contributed by atoms with Gasteiger partial charge in [0, 0.05) is 31.5 Å². The van der Waals surface area contributed by atoms with Gasteiger partial charge in [0.1, 0.15) is 5.69 Å². The number of halogens is 2. The molecule has 0 atom stereocenters. The lowest BCUT2D eigenvalue weighted by atomic mass is 10.3. The molecule has 6 nitrogen and oxygen atoms in total. The molecule has 2 aromatic heterocycles. The predicted octanol–water partition coefficient (Wildman–Crippen LogP) is 0.942. The van der Waals surface area contributed by atoms with Crippen molar-refractivity contribution in [1.29, 1.82) is 0 Å². The van der Waals surface area contributed by atoms with Crippen molar-refractivity contribution in [2.45, 2.75) is 13.1 Å². The standard InChI is InChI=1S/C10H11F2N5O/c1-16-6-7(5-14-16)4-13-9(18)8-2-3-17(15-8)10(11)12/h2-3,5-6,10H,4H2,1H3,(H,13,18). The Morgan fingerprint density at radius 3 is 2.89 bits per heavy atom. The van der Waals surface area contributed by atoms with Gasteiger partial charge < -0.3 is 5.32 Å². The molecular weight excluding hydrogens is 244 g/mol. The van der Waals surface area contributed by atoms with Crippen LogP contribution in [0.4, 0.5) is 8.78 Å². The van der Waals surface area contributed by atoms with Crippen molar-refractivity contribution in [2.24, 2.45) is 7.05 Å². The first kappa shape index (κ1) is 12.2. The lowest BCUT2D eigenvalue weighted by Crippen LogP contribution is -2.23. The van der Waals surface area contributed by atoms with Crippen LogP contribution in [0.2, 0.25) is 0 Å². The van der Waals surface area contributed by atoms with Gasteiger partial charge in [0.2, 0.25) is 0 Å². The monoisotopic (exact) mass is 255 g/mol. The van der Waals surface area contributed by atoms with Crippen molar-refractivity contribution in [1.82, 2.24) is 24.9 Å². The number of nitrogens with zero attached hydrogens (tertiary/aromatic N) is 4. The van der Waals surface area contributed by atoms with Crippen LogP contribution in [0, 0.1) is 0 Å². The van der Waals surface area contributed by atoms with E-state index in [1.807, 2.05) is 0 Å². The topological polar surface area (TPSA) is 64.7 Å². The molecule has 2 aromatic rings. The summed E-state index contributed by atoms with van der Waals surface area (Å²) in [4.78, 5) is 11.6. The molecule has 18 heavy (non-hydrogen) atoms. The van der Waals surface area contributed by atoms with E-state index < -0.39 is 12.5 Å². The number of amides is 1. The van der Waals surface area contributed by atoms with Crippen LogP contribution < -0.4 is 5.32 Å². The van der Waals surface area contributed by atoms with Crippen LogP contribution in [0.15, 0.2) is 24.7 Å². The van der Waals surface area contributed by atoms with Gasteiger partial charge in [0.15, 0.2) is 0 Å². The van der Waals surface area contributed by atoms with Gasteiger partial charge in [-0.25, -0.2) is 4.68 Å². The molecule has 1 N–H and O–H groups in total. The second-order valence-corrected chi connectivity index (χ2v) is 3.66. The van der Waals surface area contributed by atoms with Crippen molar-refractivity contribution in [3.05, 3.63) is 35.9 Å². The highest BCUT2D eigenvalue weighted by atomic mass is 19.3. The first-order valence-electron chi connectivity index (χ1n) is 5.15. The maximum atomic E-state index is 12.3. The summed E-state index contributed by atoms with van der Waals surface area (Å²) >= 11 is 0. The van der Waals surface area contributed by atoms with Crippen molar-refractivity contribution >= 4 is 5.91 Å². The average Bonchev–Trinajstić information content (AvgIpc) is 2.94. The van der Waals surface area contributed by atoms with E-state index in [9.17, 15) is 13.6 Å². The van der Waals surface area contributed by atoms with E-state index >= 15 is 0 Å². The van der Waals surface area contributed by atoms with Gasteiger partial charge in [-0.1, -0.05) is 0 Å². The summed E-state index contributed by atoms with van der Waals surface area (Å²) in [5.74, 6) is -0.502. The summed E-state index contributed by atoms with van der Waals surface area (Å²) in [6.45, 7) is -2.47. The number of aryl methyl sites for hydroxylation is 1. The van der Waals surface area contributed by atoms with E-state index in [1.54, 1.807) is 24.1 Å². The van der Waals surface area contributed by atoms with E-state index in [-0.39, 0.29) is 12.2 Å². The molecule has 0 aromatic carbocycles. The van der Waals surface area contributed by atoms with Crippen LogP contribution in [-0.2, 0) is 13.6 Å². The van der Waals surface area contributed by atoms with E-state index in [4.69, 9.17) is 0 Å². The molecule has 0 bridgehead atoms. The summed E-state index contributed by atoms with van der Waals surface area (Å²) in [6.07, 6.45) is 4.42. The Labute approximate surface area is 101 Å². The molecule has 0 aliphatic carbocycles. The molecule has 0 aliphatic rings. The highest BCUT2D eigenvalue weighted by Crippen LogP contribution is 2.08. The molecule has 0 saturated carbocycles. The third kappa shape index (κ3) is 2.70. The van der Waals surface area contributed by atoms with Crippen LogP contribution >= 0.6 is 0 Å². The van der Waals surface area contributed by atoms with Crippen molar-refractivity contribution in [3.8, 4) is 0 Å². The fourth-order valence-electron chi connectivity index (χ4n) is 1.40. The zero-order chi connectivity index (χ0) is 13.1. The number of nitrogens with one attached hydrogen (secondary N) is 1. The fourth-order valence-corrected chi connectivity index (χ4v) is 1.40. The average molecular weight is 255 g/mol. The molecule has 0 unspecified atom stereocenters. The zero-order valence-electron chi connectivity index (χ0n) is 9.55. The minimum absolute atomic E-state index is 0.0424. The van der Waals surface area contributed by atoms with E-state index in [0.717, 1.165) is 11.8 Å². The largest absolute Gasteiger partial charge is 0.346 e. The third-order valence-electron chi connectivity index (χ3n) is 2.25. The smallest absolute Gasteiger partial charge is 0.333 e. The molecule has 2 heterocycles. The minimum atomic E-state index is -2.75. The molecule has 0 radical (unpaired) electrons. The van der Waals surface area contributed by atoms with Crippen LogP contribution in [0.1, 0.15) is 22.6 Å². The van der Waals surface area contributed by atoms with Gasteiger partial charge in [-0.3, -0.25) is 9.48 Å². The number of hydrogen-bond donors (Lipinski definition) is 1. The van der Waals surface area contributed by atoms with Crippen molar-refractivity contribution in [2.75, 3.05) is 0 Å². The van der Waals surface area contributed by atoms with Crippen LogP contribution in [0.5, 0.6) is 0 Å². The number of carbonyl (C=O) groups is 1. The Morgan fingerprint density at radius 1 is 1.56 bits per heavy atom. The number of hydrogen-bond acceptors (Lipinski definition) is 3. The van der Waals surface area contributed by atoms with E-state index in [2.05, 4.69) is 15.5 Å². The fraction of sp³-hybridized carbons (Fsp3) is 0.300. The first-order chi connectivity index (χ1) is 8.56. The molecule has 8 heteroatoms. The third-order valence-corrected chi connectivity index (χ3v) is 2.25. The van der Waals surface area contributed by atoms with Gasteiger partial charge in [-0.15, -0.1) is 0 Å². The highest BCUT2D eigenvalue weighted by Gasteiger charge is 2.13. The molecule has 0 fully saturated rings. The summed E-state index contributed by atoms with van der Waals surface area (Å²) in [7, 11) is 1.76. The maximum absolute atomic E-state index is 12.3. The summed E-state index contributed by atoms with van der Waals surface area (Å²) < 4.78 is 26.5. The van der Waals surface area contributed by atoms with E-state index in [0.29, 0.717) is 4.68 Å². The lowest BCUT2D eigenvalue weighted by Gasteiger charge is -2.00. The van der Waals surface area contributed by atoms with Gasteiger partial charge in [-0.05, 0) is 6.07 Å². The predicted molar refractivity (Wildman–Crippen MR) is 57.9 cm³/mol. The summed E-state index contributed by atoms with van der Waals surface area (Å²) in [5.41, 5.74) is 0.776. The number of alkyl halides is 2. The van der Waals surface area contributed by atoms with Gasteiger partial charge in [0.25, 0.3) is 5.91 Å². The Balaban J connectivity index is 1.95. The summed E-state index contributed by atoms with van der Waals surface area (Å²) in [5, 5.41) is 9.97. The van der Waals surface area contributed by atoms with E-state index in [1.165, 1.54) is 6.07 Å². The number of rotatable bonds is 4. The SMILES string of the molecule is Cn1cc(CNC(=O)c2ccn(C(F)F)n2)cn1. The lowest BCUT2D eigenvalue weighted by molar-refractivity contribution is 0.0560. The summed E-state index contributed by atoms with van der Waals surface area (Å²) in [6, 6.07) is 1.24. The second-order valence-electron chi connectivity index (χ2n) is 3.66. The van der Waals surface area contributed by atoms with Gasteiger partial charge >= 0.3 is 6.55 Å². The Bertz CT molecular complexity index is 548. The second kappa shape index (κ2) is 4.94. The molecule has 0 spiro atoms. The van der Waals surface area contributed by atoms with Crippen LogP contribution in [0.3, 0.4) is 0 Å². The zero-order valence-corrected chi connectivity index (χ0v) is 9.55. The van der Waals surface area contributed by atoms with Crippen LogP contribution in [0.25, 0.3) is 0 Å². The van der Waals surface area contributed by atoms with Crippen LogP contribution in [-0.4, -0.2) is 25.5 Å². The normalized spacial score (nSPS) is 10.9. The Hall–Kier alpha value is -2.25. The van der Waals surface area contributed by atoms with Gasteiger partial charge in [0.05, 0.1) is 6.20 Å². The molecule has 0 aliphatic heterocycles. The quantitative estimate of drug-likeness (QED) is 0.884. The molecule has 0 saturated heterocycles. The minimum Gasteiger partial charge on any atom is -0.346 e. The van der Waals surface area contributed by atoms with Gasteiger partial charge in [-0.2, -0.15) is 19.0 Å². The highest BCUT2D eigenvalue weighted by molar-refractivity contribution is 5.92. The Kier molecular flexibility index (Phi) is 3.35. The first-order valence-corrected chi connectivity index (χ1v) is 5.15. The Morgan fingerprint density at radius 2 is 2.33 bits per heavy atom. The van der Waals surface area contributed by atoms with Crippen molar-refractivity contribution < 1.29 is 13.6 Å². The molecule has 1 amide bonds. The maximum Gasteiger partial charge on any atom is 0.333 e. The van der Waals surface area contributed by atoms with Crippen molar-refractivity contribution in [3.63, 3.8) is 0 Å². The molecular formula is C10H11F2N5O. The molecule has 96 valence electrons. The molecule has 2 rings (SSSR count). The number of carbonyl (C=O) groups excluding carboxylic acids is 1. The number of aromatic nitrogens is 4.